The van der Waals surface area contributed by atoms with Crippen LogP contribution >= 0.6 is 0 Å². The predicted octanol–water partition coefficient (Wildman–Crippen LogP) is 0.231. The number of nitrogens with zero attached hydrogens (tertiary/aromatic N) is 3. The summed E-state index contributed by atoms with van der Waals surface area (Å²) in [4.78, 5) is 81.9. The van der Waals surface area contributed by atoms with Gasteiger partial charge in [0.15, 0.2) is 0 Å². The summed E-state index contributed by atoms with van der Waals surface area (Å²) in [6.45, 7) is 3.73. The maximum Gasteiger partial charge on any atom is 0.272 e. The molecule has 6 atom stereocenters. The maximum absolute atomic E-state index is 14.3. The molecular weight excluding hydrogens is 632 g/mol. The van der Waals surface area contributed by atoms with Crippen LogP contribution in [0.15, 0.2) is 43.0 Å². The number of imidazole rings is 1. The molecule has 2 aromatic heterocycles. The largest absolute Gasteiger partial charge is 0.388 e. The number of para-hydroxylation sites is 1. The standard InChI is InChI=1S/C34H44N8O7/c1-19(2)12-24-31(45)39-23-9-11-49-28(30(23)44)16-41(33(47)26-15-35-18-37-26)17-29(43)38-25(13-20-14-36-22-7-4-3-6-21(20)22)34(48)42-10-5-8-27(42)32(46)40-24/h3-4,6-7,14-15,18-19,23-25,27-28,30,36,44H,5,8-13,16-17H2,1-2H3,(H,35,37)(H,38,43)(H,39,45)(H,40,46)/t23-,24+,25+,27+,28+,30-/m0/s1. The highest BCUT2D eigenvalue weighted by Crippen LogP contribution is 2.24. The number of carbonyl (C=O) groups excluding carboxylic acids is 5. The lowest BCUT2D eigenvalue weighted by Gasteiger charge is -2.38. The highest BCUT2D eigenvalue weighted by molar-refractivity contribution is 5.97. The van der Waals surface area contributed by atoms with E-state index >= 15 is 0 Å². The Kier molecular flexibility index (Phi) is 10.3. The fraction of sp³-hybridized carbons (Fsp3) is 0.529. The van der Waals surface area contributed by atoms with Crippen LogP contribution in [0.25, 0.3) is 10.9 Å². The number of ether oxygens (including phenoxy) is 1. The van der Waals surface area contributed by atoms with Gasteiger partial charge < -0.3 is 45.6 Å². The van der Waals surface area contributed by atoms with E-state index in [1.807, 2.05) is 38.1 Å². The lowest BCUT2D eigenvalue weighted by molar-refractivity contribution is -0.142. The highest BCUT2D eigenvalue weighted by atomic mass is 16.5. The Morgan fingerprint density at radius 2 is 1.86 bits per heavy atom. The van der Waals surface area contributed by atoms with Crippen LogP contribution in [-0.2, 0) is 30.3 Å². The number of aromatic nitrogens is 3. The van der Waals surface area contributed by atoms with Gasteiger partial charge in [-0.15, -0.1) is 0 Å². The number of aliphatic hydroxyl groups excluding tert-OH is 1. The first kappa shape index (κ1) is 34.1. The molecule has 15 heteroatoms. The number of aliphatic hydroxyl groups is 1. The van der Waals surface area contributed by atoms with Crippen molar-refractivity contribution in [1.82, 2.24) is 40.7 Å². The van der Waals surface area contributed by atoms with Gasteiger partial charge in [0.25, 0.3) is 5.91 Å². The van der Waals surface area contributed by atoms with Crippen LogP contribution in [0, 0.1) is 5.92 Å². The number of rotatable bonds is 5. The monoisotopic (exact) mass is 676 g/mol. The summed E-state index contributed by atoms with van der Waals surface area (Å²) in [6.07, 6.45) is 4.05. The summed E-state index contributed by atoms with van der Waals surface area (Å²) >= 11 is 0. The number of nitrogens with one attached hydrogen (secondary N) is 5. The molecule has 5 amide bonds. The Morgan fingerprint density at radius 1 is 1.04 bits per heavy atom. The molecule has 0 saturated carbocycles. The van der Waals surface area contributed by atoms with Crippen molar-refractivity contribution < 1.29 is 33.8 Å². The van der Waals surface area contributed by atoms with Crippen molar-refractivity contribution in [3.8, 4) is 0 Å². The number of hydrogen-bond donors (Lipinski definition) is 6. The lowest BCUT2D eigenvalue weighted by Crippen LogP contribution is -2.60. The summed E-state index contributed by atoms with van der Waals surface area (Å²) in [7, 11) is 0. The van der Waals surface area contributed by atoms with E-state index in [1.54, 1.807) is 6.20 Å². The minimum absolute atomic E-state index is 0.0525. The summed E-state index contributed by atoms with van der Waals surface area (Å²) in [5.74, 6) is -2.45. The van der Waals surface area contributed by atoms with Gasteiger partial charge in [0.05, 0.1) is 25.1 Å². The van der Waals surface area contributed by atoms with E-state index in [4.69, 9.17) is 4.74 Å². The third kappa shape index (κ3) is 7.62. The number of amides is 5. The number of benzene rings is 1. The summed E-state index contributed by atoms with van der Waals surface area (Å²) in [5, 5.41) is 20.9. The lowest BCUT2D eigenvalue weighted by atomic mass is 9.97. The molecule has 3 aromatic rings. The van der Waals surface area contributed by atoms with Gasteiger partial charge in [-0.25, -0.2) is 4.98 Å². The molecule has 0 aliphatic carbocycles. The molecular formula is C34H44N8O7. The van der Waals surface area contributed by atoms with E-state index < -0.39 is 72.5 Å². The van der Waals surface area contributed by atoms with Gasteiger partial charge in [-0.05, 0) is 43.2 Å². The molecule has 0 unspecified atom stereocenters. The summed E-state index contributed by atoms with van der Waals surface area (Å²) < 4.78 is 5.88. The van der Waals surface area contributed by atoms with Crippen LogP contribution in [0.4, 0.5) is 0 Å². The van der Waals surface area contributed by atoms with E-state index in [0.29, 0.717) is 32.2 Å². The quantitative estimate of drug-likeness (QED) is 0.220. The van der Waals surface area contributed by atoms with Crippen molar-refractivity contribution in [1.29, 1.82) is 0 Å². The van der Waals surface area contributed by atoms with Crippen molar-refractivity contribution in [2.45, 2.75) is 82.3 Å². The Morgan fingerprint density at radius 3 is 2.63 bits per heavy atom. The van der Waals surface area contributed by atoms with Crippen LogP contribution in [0.2, 0.25) is 0 Å². The highest BCUT2D eigenvalue weighted by Gasteiger charge is 2.41. The van der Waals surface area contributed by atoms with Crippen LogP contribution in [-0.4, -0.2) is 122 Å². The van der Waals surface area contributed by atoms with Crippen molar-refractivity contribution in [2.75, 3.05) is 26.2 Å². The van der Waals surface area contributed by atoms with Gasteiger partial charge in [0, 0.05) is 36.7 Å². The van der Waals surface area contributed by atoms with E-state index in [9.17, 15) is 29.1 Å². The molecule has 0 spiro atoms. The average Bonchev–Trinajstić information content (AvgIpc) is 3.86. The van der Waals surface area contributed by atoms with Crippen LogP contribution in [0.3, 0.4) is 0 Å². The normalized spacial score (nSPS) is 27.4. The summed E-state index contributed by atoms with van der Waals surface area (Å²) in [5.41, 5.74) is 1.79. The second-order valence-corrected chi connectivity index (χ2v) is 13.5. The van der Waals surface area contributed by atoms with Gasteiger partial charge in [-0.2, -0.15) is 0 Å². The minimum atomic E-state index is -1.22. The number of aromatic amines is 2. The second kappa shape index (κ2) is 14.8. The third-order valence-electron chi connectivity index (χ3n) is 9.54. The predicted molar refractivity (Wildman–Crippen MR) is 177 cm³/mol. The van der Waals surface area contributed by atoms with Crippen molar-refractivity contribution in [3.63, 3.8) is 0 Å². The van der Waals surface area contributed by atoms with Crippen LogP contribution in [0.1, 0.15) is 55.6 Å². The molecule has 6 rings (SSSR count). The first-order chi connectivity index (χ1) is 23.6. The third-order valence-corrected chi connectivity index (χ3v) is 9.54. The first-order valence-corrected chi connectivity index (χ1v) is 16.9. The van der Waals surface area contributed by atoms with Gasteiger partial charge >= 0.3 is 0 Å². The maximum atomic E-state index is 14.3. The molecule has 49 heavy (non-hydrogen) atoms. The Bertz CT molecular complexity index is 1670. The molecule has 3 saturated heterocycles. The average molecular weight is 677 g/mol. The molecule has 2 bridgehead atoms. The van der Waals surface area contributed by atoms with Gasteiger partial charge in [0.1, 0.15) is 42.6 Å². The van der Waals surface area contributed by atoms with Crippen LogP contribution in [0.5, 0.6) is 0 Å². The zero-order valence-electron chi connectivity index (χ0n) is 27.7. The minimum Gasteiger partial charge on any atom is -0.388 e. The molecule has 0 radical (unpaired) electrons. The van der Waals surface area contributed by atoms with E-state index in [1.165, 1.54) is 22.3 Å². The molecule has 3 aliphatic rings. The topological polar surface area (TPSA) is 202 Å². The molecule has 5 heterocycles. The van der Waals surface area contributed by atoms with Crippen molar-refractivity contribution in [3.05, 3.63) is 54.2 Å². The number of H-pyrrole nitrogens is 2. The van der Waals surface area contributed by atoms with E-state index in [-0.39, 0.29) is 31.2 Å². The Labute approximate surface area is 283 Å². The van der Waals surface area contributed by atoms with Crippen molar-refractivity contribution >= 4 is 40.4 Å². The van der Waals surface area contributed by atoms with E-state index in [0.717, 1.165) is 16.5 Å². The second-order valence-electron chi connectivity index (χ2n) is 13.5. The zero-order valence-corrected chi connectivity index (χ0v) is 27.7. The summed E-state index contributed by atoms with van der Waals surface area (Å²) in [6, 6.07) is 4.07. The Hall–Kier alpha value is -4.76. The number of carbonyl (C=O) groups is 5. The van der Waals surface area contributed by atoms with Gasteiger partial charge in [-0.3, -0.25) is 24.0 Å². The zero-order chi connectivity index (χ0) is 34.7. The number of fused-ring (bicyclic) bond motifs is 4. The molecule has 1 aromatic carbocycles. The van der Waals surface area contributed by atoms with Gasteiger partial charge in [-0.1, -0.05) is 32.0 Å². The molecule has 3 fully saturated rings. The molecule has 262 valence electrons. The smallest absolute Gasteiger partial charge is 0.272 e. The van der Waals surface area contributed by atoms with Crippen molar-refractivity contribution in [2.24, 2.45) is 5.92 Å². The first-order valence-electron chi connectivity index (χ1n) is 16.9. The van der Waals surface area contributed by atoms with Crippen LogP contribution < -0.4 is 16.0 Å². The van der Waals surface area contributed by atoms with E-state index in [2.05, 4.69) is 30.9 Å². The molecule has 3 aliphatic heterocycles. The fourth-order valence-corrected chi connectivity index (χ4v) is 7.06. The molecule has 15 nitrogen and oxygen atoms in total. The molecule has 6 N–H and O–H groups in total. The fourth-order valence-electron chi connectivity index (χ4n) is 7.06. The number of hydrogen-bond acceptors (Lipinski definition) is 8. The Balaban J connectivity index is 1.36. The van der Waals surface area contributed by atoms with Gasteiger partial charge in [0.2, 0.25) is 23.6 Å². The SMILES string of the molecule is CC(C)C[C@H]1NC(=O)[C@H]2CCCN2C(=O)[C@@H](Cc2c[nH]c3ccccc23)NC(=O)CN(C(=O)c2cnc[nH]2)C[C@H]2OCC[C@H](NC1=O)[C@@H]2O.